The summed E-state index contributed by atoms with van der Waals surface area (Å²) in [6.07, 6.45) is 3.95. The first kappa shape index (κ1) is 20.7. The Labute approximate surface area is 146 Å². The molecule has 1 aliphatic rings. The van der Waals surface area contributed by atoms with Crippen LogP contribution < -0.4 is 16.4 Å². The van der Waals surface area contributed by atoms with Gasteiger partial charge in [0.15, 0.2) is 5.96 Å². The van der Waals surface area contributed by atoms with Gasteiger partial charge in [0.2, 0.25) is 5.91 Å². The largest absolute Gasteiger partial charge is 0.382 e. The van der Waals surface area contributed by atoms with Crippen LogP contribution in [0, 0.1) is 5.92 Å². The molecule has 0 saturated carbocycles. The number of carbonyl (C=O) groups excluding carboxylic acids is 1. The second-order valence-electron chi connectivity index (χ2n) is 6.13. The SMILES string of the molecule is CCNC(=NCCCOCC)NCCCN1CCCC(C(N)=O)C1. The average molecular weight is 342 g/mol. The highest BCUT2D eigenvalue weighted by molar-refractivity contribution is 5.79. The number of guanidine groups is 1. The molecule has 1 unspecified atom stereocenters. The standard InChI is InChI=1S/C17H35N5O2/c1-3-19-17(21-10-7-13-24-4-2)20-9-6-12-22-11-5-8-15(14-22)16(18)23/h15H,3-14H2,1-2H3,(H2,18,23)(H2,19,20,21). The Kier molecular flexibility index (Phi) is 11.2. The van der Waals surface area contributed by atoms with Crippen LogP contribution in [0.1, 0.15) is 39.5 Å². The molecule has 0 bridgehead atoms. The van der Waals surface area contributed by atoms with E-state index in [1.54, 1.807) is 0 Å². The fourth-order valence-corrected chi connectivity index (χ4v) is 2.84. The number of nitrogens with zero attached hydrogens (tertiary/aromatic N) is 2. The average Bonchev–Trinajstić information content (AvgIpc) is 2.58. The highest BCUT2D eigenvalue weighted by atomic mass is 16.5. The lowest BCUT2D eigenvalue weighted by Gasteiger charge is -2.31. The number of primary amides is 1. The maximum Gasteiger partial charge on any atom is 0.221 e. The fraction of sp³-hybridized carbons (Fsp3) is 0.882. The summed E-state index contributed by atoms with van der Waals surface area (Å²) in [4.78, 5) is 18.2. The van der Waals surface area contributed by atoms with E-state index >= 15 is 0 Å². The molecule has 1 atom stereocenters. The minimum absolute atomic E-state index is 0.0240. The smallest absolute Gasteiger partial charge is 0.221 e. The summed E-state index contributed by atoms with van der Waals surface area (Å²) >= 11 is 0. The lowest BCUT2D eigenvalue weighted by molar-refractivity contribution is -0.123. The minimum Gasteiger partial charge on any atom is -0.382 e. The number of amides is 1. The summed E-state index contributed by atoms with van der Waals surface area (Å²) in [5.41, 5.74) is 5.42. The van der Waals surface area contributed by atoms with Gasteiger partial charge >= 0.3 is 0 Å². The van der Waals surface area contributed by atoms with Crippen molar-refractivity contribution in [2.24, 2.45) is 16.6 Å². The first-order valence-corrected chi connectivity index (χ1v) is 9.29. The summed E-state index contributed by atoms with van der Waals surface area (Å²) in [7, 11) is 0. The topological polar surface area (TPSA) is 92.0 Å². The Morgan fingerprint density at radius 3 is 2.88 bits per heavy atom. The minimum atomic E-state index is -0.161. The summed E-state index contributed by atoms with van der Waals surface area (Å²) in [5, 5.41) is 6.62. The fourth-order valence-electron chi connectivity index (χ4n) is 2.84. The van der Waals surface area contributed by atoms with E-state index < -0.39 is 0 Å². The number of rotatable bonds is 11. The van der Waals surface area contributed by atoms with Gasteiger partial charge in [-0.3, -0.25) is 9.79 Å². The van der Waals surface area contributed by atoms with E-state index in [0.29, 0.717) is 0 Å². The Balaban J connectivity index is 2.19. The number of nitrogens with two attached hydrogens (primary N) is 1. The molecule has 0 spiro atoms. The molecule has 7 nitrogen and oxygen atoms in total. The van der Waals surface area contributed by atoms with Gasteiger partial charge in [-0.05, 0) is 52.6 Å². The molecule has 0 aliphatic carbocycles. The summed E-state index contributed by atoms with van der Waals surface area (Å²) in [5.74, 6) is 0.727. The summed E-state index contributed by atoms with van der Waals surface area (Å²) in [6.45, 7) is 10.9. The van der Waals surface area contributed by atoms with Crippen LogP contribution in [0.25, 0.3) is 0 Å². The van der Waals surface area contributed by atoms with Crippen LogP contribution in [0.5, 0.6) is 0 Å². The first-order valence-electron chi connectivity index (χ1n) is 9.29. The van der Waals surface area contributed by atoms with Crippen molar-refractivity contribution >= 4 is 11.9 Å². The lowest BCUT2D eigenvalue weighted by Crippen LogP contribution is -2.43. The third-order valence-corrected chi connectivity index (χ3v) is 4.12. The van der Waals surface area contributed by atoms with Crippen LogP contribution in [-0.2, 0) is 9.53 Å². The molecule has 0 aromatic rings. The molecule has 0 aromatic carbocycles. The van der Waals surface area contributed by atoms with E-state index in [1.165, 1.54) is 0 Å². The number of nitrogens with one attached hydrogen (secondary N) is 2. The van der Waals surface area contributed by atoms with Gasteiger partial charge in [-0.15, -0.1) is 0 Å². The van der Waals surface area contributed by atoms with Crippen molar-refractivity contribution in [3.05, 3.63) is 0 Å². The monoisotopic (exact) mass is 341 g/mol. The molecule has 4 N–H and O–H groups in total. The predicted octanol–water partition coefficient (Wildman–Crippen LogP) is 0.556. The third-order valence-electron chi connectivity index (χ3n) is 4.12. The van der Waals surface area contributed by atoms with Gasteiger partial charge in [-0.2, -0.15) is 0 Å². The van der Waals surface area contributed by atoms with Crippen molar-refractivity contribution in [2.75, 3.05) is 52.5 Å². The van der Waals surface area contributed by atoms with Gasteiger partial charge in [0.05, 0.1) is 5.92 Å². The second kappa shape index (κ2) is 13.0. The molecule has 0 aromatic heterocycles. The van der Waals surface area contributed by atoms with Crippen LogP contribution in [0.15, 0.2) is 4.99 Å². The van der Waals surface area contributed by atoms with Gasteiger partial charge in [-0.1, -0.05) is 0 Å². The molecule has 1 saturated heterocycles. The molecule has 0 radical (unpaired) electrons. The Hall–Kier alpha value is -1.34. The van der Waals surface area contributed by atoms with Crippen molar-refractivity contribution in [2.45, 2.75) is 39.5 Å². The zero-order chi connectivity index (χ0) is 17.6. The Morgan fingerprint density at radius 2 is 2.17 bits per heavy atom. The van der Waals surface area contributed by atoms with Gasteiger partial charge in [0.1, 0.15) is 0 Å². The highest BCUT2D eigenvalue weighted by Crippen LogP contribution is 2.15. The number of hydrogen-bond donors (Lipinski definition) is 3. The van der Waals surface area contributed by atoms with Crippen molar-refractivity contribution in [3.63, 3.8) is 0 Å². The summed E-state index contributed by atoms with van der Waals surface area (Å²) < 4.78 is 5.32. The van der Waals surface area contributed by atoms with E-state index in [-0.39, 0.29) is 11.8 Å². The highest BCUT2D eigenvalue weighted by Gasteiger charge is 2.23. The van der Waals surface area contributed by atoms with E-state index in [2.05, 4.69) is 27.4 Å². The molecule has 1 aliphatic heterocycles. The van der Waals surface area contributed by atoms with Crippen LogP contribution >= 0.6 is 0 Å². The molecule has 1 amide bonds. The number of aliphatic imine (C=N–C) groups is 1. The van der Waals surface area contributed by atoms with E-state index in [4.69, 9.17) is 10.5 Å². The van der Waals surface area contributed by atoms with E-state index in [0.717, 1.165) is 84.1 Å². The van der Waals surface area contributed by atoms with E-state index in [9.17, 15) is 4.79 Å². The van der Waals surface area contributed by atoms with Gasteiger partial charge < -0.3 is 26.0 Å². The van der Waals surface area contributed by atoms with Crippen molar-refractivity contribution < 1.29 is 9.53 Å². The molecule has 1 rings (SSSR count). The Bertz CT molecular complexity index is 376. The lowest BCUT2D eigenvalue weighted by atomic mass is 9.97. The van der Waals surface area contributed by atoms with Crippen molar-refractivity contribution in [1.82, 2.24) is 15.5 Å². The number of carbonyl (C=O) groups is 1. The number of likely N-dealkylation sites (tertiary alicyclic amines) is 1. The van der Waals surface area contributed by atoms with Gasteiger partial charge in [0, 0.05) is 39.4 Å². The second-order valence-corrected chi connectivity index (χ2v) is 6.13. The first-order chi connectivity index (χ1) is 11.7. The van der Waals surface area contributed by atoms with Crippen LogP contribution in [0.4, 0.5) is 0 Å². The van der Waals surface area contributed by atoms with Crippen LogP contribution in [0.2, 0.25) is 0 Å². The van der Waals surface area contributed by atoms with E-state index in [1.807, 2.05) is 6.92 Å². The van der Waals surface area contributed by atoms with Crippen LogP contribution in [0.3, 0.4) is 0 Å². The molecule has 140 valence electrons. The molecular weight excluding hydrogens is 306 g/mol. The predicted molar refractivity (Wildman–Crippen MR) is 98.1 cm³/mol. The number of hydrogen-bond acceptors (Lipinski definition) is 4. The van der Waals surface area contributed by atoms with Gasteiger partial charge in [-0.25, -0.2) is 0 Å². The third kappa shape index (κ3) is 9.08. The maximum absolute atomic E-state index is 11.3. The van der Waals surface area contributed by atoms with Crippen LogP contribution in [-0.4, -0.2) is 69.2 Å². The van der Waals surface area contributed by atoms with Gasteiger partial charge in [0.25, 0.3) is 0 Å². The number of ether oxygens (including phenoxy) is 1. The molecule has 7 heteroatoms. The van der Waals surface area contributed by atoms with Crippen molar-refractivity contribution in [3.8, 4) is 0 Å². The molecule has 1 heterocycles. The maximum atomic E-state index is 11.3. The molecular formula is C17H35N5O2. The quantitative estimate of drug-likeness (QED) is 0.290. The molecule has 1 fully saturated rings. The molecule has 24 heavy (non-hydrogen) atoms. The zero-order valence-corrected chi connectivity index (χ0v) is 15.4. The normalized spacial score (nSPS) is 19.2. The number of piperidine rings is 1. The summed E-state index contributed by atoms with van der Waals surface area (Å²) in [6, 6.07) is 0. The Morgan fingerprint density at radius 1 is 1.33 bits per heavy atom. The van der Waals surface area contributed by atoms with Crippen molar-refractivity contribution in [1.29, 1.82) is 0 Å². The zero-order valence-electron chi connectivity index (χ0n) is 15.4.